The highest BCUT2D eigenvalue weighted by Crippen LogP contribution is 2.20. The first kappa shape index (κ1) is 24.6. The summed E-state index contributed by atoms with van der Waals surface area (Å²) in [4.78, 5) is 8.99. The molecule has 0 unspecified atom stereocenters. The van der Waals surface area contributed by atoms with Gasteiger partial charge in [-0.2, -0.15) is 13.2 Å². The third-order valence-electron chi connectivity index (χ3n) is 4.09. The number of amidine groups is 1. The Kier molecular flexibility index (Phi) is 7.39. The Hall–Kier alpha value is -3.70. The van der Waals surface area contributed by atoms with Crippen LogP contribution in [0.25, 0.3) is 22.9 Å². The Labute approximate surface area is 181 Å². The number of fused-ring (bicyclic) bond motifs is 1. The van der Waals surface area contributed by atoms with Crippen molar-refractivity contribution in [1.82, 2.24) is 0 Å². The topological polar surface area (TPSA) is 147 Å². The summed E-state index contributed by atoms with van der Waals surface area (Å²) in [5, 5.41) is 21.8. The standard InChI is InChI=1S/C19H17N3O2S.C2HF3O2/c20-19(21)17-8-7-15-11-14(3-6-16(15)12-17)2-1-13-4-9-18(10-5-13)25(22,23)24;3-2(4,5)1(6)7/h1-12H,(H3,20,21)(H2,22,23,24);(H,6,7)/b2-1+;. The van der Waals surface area contributed by atoms with E-state index in [1.54, 1.807) is 12.1 Å². The van der Waals surface area contributed by atoms with E-state index in [1.807, 2.05) is 48.6 Å². The fourth-order valence-electron chi connectivity index (χ4n) is 2.50. The molecule has 0 radical (unpaired) electrons. The lowest BCUT2D eigenvalue weighted by molar-refractivity contribution is -0.192. The summed E-state index contributed by atoms with van der Waals surface area (Å²) < 4.78 is 54.2. The first-order chi connectivity index (χ1) is 14.8. The lowest BCUT2D eigenvalue weighted by atomic mass is 10.0. The van der Waals surface area contributed by atoms with Crippen LogP contribution in [0.15, 0.2) is 65.6 Å². The summed E-state index contributed by atoms with van der Waals surface area (Å²) in [6, 6.07) is 18.0. The molecule has 0 aliphatic rings. The van der Waals surface area contributed by atoms with Gasteiger partial charge >= 0.3 is 12.1 Å². The number of carbonyl (C=O) groups is 1. The van der Waals surface area contributed by atoms with Crippen LogP contribution in [0.4, 0.5) is 13.2 Å². The van der Waals surface area contributed by atoms with Crippen LogP contribution in [0, 0.1) is 5.41 Å². The van der Waals surface area contributed by atoms with Gasteiger partial charge in [0, 0.05) is 5.56 Å². The molecule has 0 fully saturated rings. The molecule has 0 saturated heterocycles. The van der Waals surface area contributed by atoms with Crippen LogP contribution in [0.5, 0.6) is 0 Å². The van der Waals surface area contributed by atoms with Gasteiger partial charge in [-0.05, 0) is 46.2 Å². The molecule has 0 aromatic heterocycles. The predicted octanol–water partition coefficient (Wildman–Crippen LogP) is 3.57. The van der Waals surface area contributed by atoms with E-state index in [9.17, 15) is 21.6 Å². The van der Waals surface area contributed by atoms with Crippen molar-refractivity contribution in [2.24, 2.45) is 10.9 Å². The van der Waals surface area contributed by atoms with Crippen molar-refractivity contribution in [3.8, 4) is 0 Å². The molecule has 0 saturated carbocycles. The Morgan fingerprint density at radius 3 is 1.88 bits per heavy atom. The van der Waals surface area contributed by atoms with Crippen LogP contribution in [0.2, 0.25) is 0 Å². The second-order valence-electron chi connectivity index (χ2n) is 6.49. The average molecular weight is 465 g/mol. The van der Waals surface area contributed by atoms with E-state index in [2.05, 4.69) is 0 Å². The minimum atomic E-state index is -5.08. The number of nitrogens with two attached hydrogens (primary N) is 2. The van der Waals surface area contributed by atoms with Crippen molar-refractivity contribution in [2.45, 2.75) is 11.1 Å². The normalized spacial score (nSPS) is 11.8. The van der Waals surface area contributed by atoms with E-state index in [0.717, 1.165) is 21.9 Å². The maximum absolute atomic E-state index is 11.3. The zero-order valence-electron chi connectivity index (χ0n) is 16.3. The number of benzene rings is 3. The lowest BCUT2D eigenvalue weighted by Gasteiger charge is -2.03. The Morgan fingerprint density at radius 1 is 0.906 bits per heavy atom. The SMILES string of the molecule is N=C(N)c1ccc2cc(/C=C/c3ccc(S(N)(=O)=O)cc3)ccc2c1.O=C(O)C(F)(F)F. The number of hydrogen-bond acceptors (Lipinski definition) is 4. The third-order valence-corrected chi connectivity index (χ3v) is 5.02. The number of carboxylic acid groups (broad SMARTS) is 1. The van der Waals surface area contributed by atoms with Crippen molar-refractivity contribution < 1.29 is 31.5 Å². The molecule has 0 heterocycles. The van der Waals surface area contributed by atoms with Crippen molar-refractivity contribution in [3.63, 3.8) is 0 Å². The van der Waals surface area contributed by atoms with Crippen molar-refractivity contribution in [2.75, 3.05) is 0 Å². The zero-order chi connectivity index (χ0) is 24.1. The smallest absolute Gasteiger partial charge is 0.475 e. The van der Waals surface area contributed by atoms with Crippen LogP contribution in [-0.4, -0.2) is 31.5 Å². The molecule has 168 valence electrons. The molecule has 7 nitrogen and oxygen atoms in total. The first-order valence-corrected chi connectivity index (χ1v) is 10.3. The van der Waals surface area contributed by atoms with Gasteiger partial charge in [0.05, 0.1) is 4.90 Å². The number of nitrogen functional groups attached to an aromatic ring is 1. The molecule has 3 rings (SSSR count). The fourth-order valence-corrected chi connectivity index (χ4v) is 3.01. The number of rotatable bonds is 4. The number of primary sulfonamides is 1. The molecule has 3 aromatic rings. The maximum atomic E-state index is 11.3. The van der Waals surface area contributed by atoms with E-state index >= 15 is 0 Å². The highest BCUT2D eigenvalue weighted by Gasteiger charge is 2.38. The van der Waals surface area contributed by atoms with Crippen molar-refractivity contribution in [3.05, 3.63) is 77.4 Å². The lowest BCUT2D eigenvalue weighted by Crippen LogP contribution is -2.21. The molecular weight excluding hydrogens is 447 g/mol. The molecule has 6 N–H and O–H groups in total. The molecule has 11 heteroatoms. The molecule has 0 bridgehead atoms. The summed E-state index contributed by atoms with van der Waals surface area (Å²) in [7, 11) is -3.67. The summed E-state index contributed by atoms with van der Waals surface area (Å²) in [5.74, 6) is -2.71. The van der Waals surface area contributed by atoms with E-state index in [1.165, 1.54) is 12.1 Å². The summed E-state index contributed by atoms with van der Waals surface area (Å²) >= 11 is 0. The Balaban J connectivity index is 0.000000451. The van der Waals surface area contributed by atoms with Gasteiger partial charge in [0.1, 0.15) is 5.84 Å². The fraction of sp³-hybridized carbons (Fsp3) is 0.0476. The minimum Gasteiger partial charge on any atom is -0.475 e. The molecular formula is C21H18F3N3O4S. The van der Waals surface area contributed by atoms with Gasteiger partial charge in [0.15, 0.2) is 0 Å². The second-order valence-corrected chi connectivity index (χ2v) is 8.05. The molecule has 0 amide bonds. The van der Waals surface area contributed by atoms with E-state index < -0.39 is 22.2 Å². The van der Waals surface area contributed by atoms with Crippen LogP contribution in [0.1, 0.15) is 16.7 Å². The highest BCUT2D eigenvalue weighted by atomic mass is 32.2. The first-order valence-electron chi connectivity index (χ1n) is 8.76. The van der Waals surface area contributed by atoms with Crippen LogP contribution in [0.3, 0.4) is 0 Å². The summed E-state index contributed by atoms with van der Waals surface area (Å²) in [6.45, 7) is 0. The predicted molar refractivity (Wildman–Crippen MR) is 115 cm³/mol. The monoisotopic (exact) mass is 465 g/mol. The molecule has 0 aliphatic carbocycles. The molecule has 32 heavy (non-hydrogen) atoms. The number of carboxylic acids is 1. The number of hydrogen-bond donors (Lipinski definition) is 4. The average Bonchev–Trinajstić information content (AvgIpc) is 2.71. The highest BCUT2D eigenvalue weighted by molar-refractivity contribution is 7.89. The number of nitrogens with one attached hydrogen (secondary N) is 1. The summed E-state index contributed by atoms with van der Waals surface area (Å²) in [5.41, 5.74) is 8.10. The molecule has 0 atom stereocenters. The summed E-state index contributed by atoms with van der Waals surface area (Å²) in [6.07, 6.45) is -1.23. The van der Waals surface area contributed by atoms with Gasteiger partial charge in [-0.3, -0.25) is 5.41 Å². The third kappa shape index (κ3) is 6.93. The number of aliphatic carboxylic acids is 1. The Bertz CT molecular complexity index is 1290. The van der Waals surface area contributed by atoms with Gasteiger partial charge in [0.25, 0.3) is 0 Å². The van der Waals surface area contributed by atoms with Gasteiger partial charge in [-0.15, -0.1) is 0 Å². The van der Waals surface area contributed by atoms with Crippen molar-refractivity contribution >= 4 is 44.8 Å². The van der Waals surface area contributed by atoms with Crippen molar-refractivity contribution in [1.29, 1.82) is 5.41 Å². The van der Waals surface area contributed by atoms with Gasteiger partial charge in [-0.25, -0.2) is 18.4 Å². The van der Waals surface area contributed by atoms with Crippen LogP contribution >= 0.6 is 0 Å². The largest absolute Gasteiger partial charge is 0.490 e. The van der Waals surface area contributed by atoms with E-state index in [0.29, 0.717) is 5.56 Å². The molecule has 0 aliphatic heterocycles. The van der Waals surface area contributed by atoms with E-state index in [4.69, 9.17) is 26.2 Å². The van der Waals surface area contributed by atoms with Crippen LogP contribution in [-0.2, 0) is 14.8 Å². The van der Waals surface area contributed by atoms with Gasteiger partial charge < -0.3 is 10.8 Å². The quantitative estimate of drug-likeness (QED) is 0.264. The molecule has 0 spiro atoms. The number of sulfonamides is 1. The Morgan fingerprint density at radius 2 is 1.38 bits per heavy atom. The zero-order valence-corrected chi connectivity index (χ0v) is 17.1. The number of alkyl halides is 3. The number of halogens is 3. The van der Waals surface area contributed by atoms with Crippen LogP contribution < -0.4 is 10.9 Å². The van der Waals surface area contributed by atoms with E-state index in [-0.39, 0.29) is 10.7 Å². The van der Waals surface area contributed by atoms with Gasteiger partial charge in [0.2, 0.25) is 10.0 Å². The molecule has 3 aromatic carbocycles. The maximum Gasteiger partial charge on any atom is 0.490 e. The second kappa shape index (κ2) is 9.62. The van der Waals surface area contributed by atoms with Gasteiger partial charge in [-0.1, -0.05) is 48.6 Å². The minimum absolute atomic E-state index is 0.0498.